The zero-order chi connectivity index (χ0) is 20.7. The molecular formula is C24H21N3O3. The Hall–Kier alpha value is -3.80. The van der Waals surface area contributed by atoms with Gasteiger partial charge in [0.2, 0.25) is 11.5 Å². The van der Waals surface area contributed by atoms with E-state index in [9.17, 15) is 4.79 Å². The minimum absolute atomic E-state index is 0.0720. The lowest BCUT2D eigenvalue weighted by Gasteiger charge is -2.09. The van der Waals surface area contributed by atoms with E-state index in [0.29, 0.717) is 22.8 Å². The highest BCUT2D eigenvalue weighted by atomic mass is 16.5. The van der Waals surface area contributed by atoms with Crippen molar-refractivity contribution in [3.05, 3.63) is 71.5 Å². The van der Waals surface area contributed by atoms with Crippen LogP contribution in [-0.2, 0) is 12.8 Å². The molecule has 0 radical (unpaired) electrons. The maximum absolute atomic E-state index is 13.0. The summed E-state index contributed by atoms with van der Waals surface area (Å²) in [6.07, 6.45) is 2.87. The number of nitrogens with zero attached hydrogens (tertiary/aromatic N) is 1. The number of aromatic nitrogens is 1. The van der Waals surface area contributed by atoms with Crippen molar-refractivity contribution in [2.75, 3.05) is 18.2 Å². The van der Waals surface area contributed by atoms with Crippen molar-refractivity contribution < 1.29 is 13.9 Å². The van der Waals surface area contributed by atoms with E-state index in [-0.39, 0.29) is 5.76 Å². The third kappa shape index (κ3) is 2.88. The number of benzene rings is 2. The number of fused-ring (bicyclic) bond motifs is 3. The molecule has 1 aliphatic carbocycles. The first kappa shape index (κ1) is 18.2. The van der Waals surface area contributed by atoms with Crippen molar-refractivity contribution >= 4 is 28.4 Å². The fourth-order valence-corrected chi connectivity index (χ4v) is 4.18. The monoisotopic (exact) mass is 399 g/mol. The predicted octanol–water partition coefficient (Wildman–Crippen LogP) is 4.83. The number of carbonyl (C=O) groups is 1. The van der Waals surface area contributed by atoms with E-state index < -0.39 is 5.91 Å². The first-order valence-corrected chi connectivity index (χ1v) is 9.91. The molecular weight excluding hydrogens is 378 g/mol. The Labute approximate surface area is 173 Å². The number of hydrogen-bond donors (Lipinski definition) is 2. The summed E-state index contributed by atoms with van der Waals surface area (Å²) in [4.78, 5) is 17.7. The standard InChI is InChI=1S/C24H21N3O3/c1-29-18-13-6-5-12-17(18)26-23(28)22-20(25)19-15-10-7-11-16(15)21(27-24(19)30-22)14-8-3-2-4-9-14/h2-6,8-9,12-13H,7,10-11,25H2,1H3,(H,26,28). The van der Waals surface area contributed by atoms with Crippen molar-refractivity contribution in [1.82, 2.24) is 4.98 Å². The van der Waals surface area contributed by atoms with E-state index in [4.69, 9.17) is 19.9 Å². The van der Waals surface area contributed by atoms with E-state index in [1.54, 1.807) is 19.2 Å². The second-order valence-corrected chi connectivity index (χ2v) is 7.32. The van der Waals surface area contributed by atoms with Crippen LogP contribution in [0.25, 0.3) is 22.4 Å². The highest BCUT2D eigenvalue weighted by molar-refractivity contribution is 6.12. The van der Waals surface area contributed by atoms with Crippen LogP contribution in [0.3, 0.4) is 0 Å². The number of carbonyl (C=O) groups excluding carboxylic acids is 1. The van der Waals surface area contributed by atoms with Gasteiger partial charge in [-0.25, -0.2) is 4.98 Å². The average Bonchev–Trinajstić information content (AvgIpc) is 3.38. The van der Waals surface area contributed by atoms with Crippen molar-refractivity contribution in [2.45, 2.75) is 19.3 Å². The second kappa shape index (κ2) is 7.22. The molecule has 1 aliphatic rings. The van der Waals surface area contributed by atoms with Gasteiger partial charge < -0.3 is 20.2 Å². The number of nitrogens with one attached hydrogen (secondary N) is 1. The van der Waals surface area contributed by atoms with E-state index >= 15 is 0 Å². The number of furan rings is 1. The van der Waals surface area contributed by atoms with Gasteiger partial charge in [-0.3, -0.25) is 4.79 Å². The minimum Gasteiger partial charge on any atom is -0.495 e. The lowest BCUT2D eigenvalue weighted by Crippen LogP contribution is -2.13. The quantitative estimate of drug-likeness (QED) is 0.513. The van der Waals surface area contributed by atoms with Gasteiger partial charge >= 0.3 is 0 Å². The lowest BCUT2D eigenvalue weighted by molar-refractivity contribution is 0.0999. The number of nitrogen functional groups attached to an aromatic ring is 1. The number of amides is 1. The van der Waals surface area contributed by atoms with Crippen LogP contribution < -0.4 is 15.8 Å². The molecule has 3 N–H and O–H groups in total. The summed E-state index contributed by atoms with van der Waals surface area (Å²) < 4.78 is 11.2. The maximum Gasteiger partial charge on any atom is 0.293 e. The molecule has 0 aliphatic heterocycles. The fourth-order valence-electron chi connectivity index (χ4n) is 4.18. The second-order valence-electron chi connectivity index (χ2n) is 7.32. The molecule has 2 aromatic carbocycles. The Bertz CT molecular complexity index is 1260. The lowest BCUT2D eigenvalue weighted by atomic mass is 10.0. The molecule has 4 aromatic rings. The molecule has 6 heteroatoms. The van der Waals surface area contributed by atoms with Gasteiger partial charge in [0.1, 0.15) is 5.75 Å². The normalized spacial score (nSPS) is 12.7. The van der Waals surface area contributed by atoms with Crippen molar-refractivity contribution in [3.8, 4) is 17.0 Å². The van der Waals surface area contributed by atoms with Crippen LogP contribution in [0.15, 0.2) is 59.0 Å². The van der Waals surface area contributed by atoms with Gasteiger partial charge in [-0.05, 0) is 42.5 Å². The highest BCUT2D eigenvalue weighted by Crippen LogP contribution is 2.40. The number of anilines is 2. The van der Waals surface area contributed by atoms with Crippen molar-refractivity contribution in [2.24, 2.45) is 0 Å². The summed E-state index contributed by atoms with van der Waals surface area (Å²) in [5.74, 6) is 0.205. The molecule has 30 heavy (non-hydrogen) atoms. The van der Waals surface area contributed by atoms with Gasteiger partial charge in [-0.1, -0.05) is 42.5 Å². The van der Waals surface area contributed by atoms with Crippen molar-refractivity contribution in [1.29, 1.82) is 0 Å². The van der Waals surface area contributed by atoms with E-state index in [1.165, 1.54) is 5.56 Å². The Morgan fingerprint density at radius 3 is 2.60 bits per heavy atom. The summed E-state index contributed by atoms with van der Waals surface area (Å²) in [6, 6.07) is 17.2. The third-order valence-electron chi connectivity index (χ3n) is 5.55. The van der Waals surface area contributed by atoms with Crippen LogP contribution in [0.1, 0.15) is 28.1 Å². The first-order chi connectivity index (χ1) is 14.7. The summed E-state index contributed by atoms with van der Waals surface area (Å²) in [7, 11) is 1.55. The predicted molar refractivity (Wildman–Crippen MR) is 117 cm³/mol. The highest BCUT2D eigenvalue weighted by Gasteiger charge is 2.28. The number of para-hydroxylation sites is 2. The van der Waals surface area contributed by atoms with Crippen LogP contribution in [0.2, 0.25) is 0 Å². The van der Waals surface area contributed by atoms with Gasteiger partial charge in [0.25, 0.3) is 5.91 Å². The molecule has 0 saturated carbocycles. The smallest absolute Gasteiger partial charge is 0.293 e. The van der Waals surface area contributed by atoms with E-state index in [2.05, 4.69) is 5.32 Å². The van der Waals surface area contributed by atoms with Gasteiger partial charge in [-0.2, -0.15) is 0 Å². The maximum atomic E-state index is 13.0. The number of pyridine rings is 1. The molecule has 0 atom stereocenters. The fraction of sp³-hybridized carbons (Fsp3) is 0.167. The molecule has 5 rings (SSSR count). The average molecular weight is 399 g/mol. The number of aryl methyl sites for hydroxylation is 1. The van der Waals surface area contributed by atoms with E-state index in [0.717, 1.165) is 41.5 Å². The number of rotatable bonds is 4. The third-order valence-corrected chi connectivity index (χ3v) is 5.55. The van der Waals surface area contributed by atoms with Gasteiger partial charge in [0.15, 0.2) is 0 Å². The van der Waals surface area contributed by atoms with Crippen LogP contribution >= 0.6 is 0 Å². The zero-order valence-corrected chi connectivity index (χ0v) is 16.6. The Balaban J connectivity index is 1.61. The molecule has 0 spiro atoms. The summed E-state index contributed by atoms with van der Waals surface area (Å²) >= 11 is 0. The van der Waals surface area contributed by atoms with Gasteiger partial charge in [0, 0.05) is 5.56 Å². The van der Waals surface area contributed by atoms with Gasteiger partial charge in [0.05, 0.1) is 29.6 Å². The Kier molecular flexibility index (Phi) is 4.39. The summed E-state index contributed by atoms with van der Waals surface area (Å²) in [5, 5.41) is 3.58. The summed E-state index contributed by atoms with van der Waals surface area (Å²) in [5.41, 5.74) is 12.0. The molecule has 150 valence electrons. The minimum atomic E-state index is -0.428. The van der Waals surface area contributed by atoms with Gasteiger partial charge in [-0.15, -0.1) is 0 Å². The van der Waals surface area contributed by atoms with E-state index in [1.807, 2.05) is 42.5 Å². The van der Waals surface area contributed by atoms with Crippen LogP contribution in [0.5, 0.6) is 5.75 Å². The molecule has 2 heterocycles. The SMILES string of the molecule is COc1ccccc1NC(=O)c1oc2nc(-c3ccccc3)c3c(c2c1N)CCC3. The molecule has 6 nitrogen and oxygen atoms in total. The molecule has 2 aromatic heterocycles. The molecule has 1 amide bonds. The van der Waals surface area contributed by atoms with Crippen LogP contribution in [0.4, 0.5) is 11.4 Å². The topological polar surface area (TPSA) is 90.4 Å². The van der Waals surface area contributed by atoms with Crippen LogP contribution in [-0.4, -0.2) is 18.0 Å². The Morgan fingerprint density at radius 1 is 1.07 bits per heavy atom. The summed E-state index contributed by atoms with van der Waals surface area (Å²) in [6.45, 7) is 0. The number of methoxy groups -OCH3 is 1. The molecule has 0 bridgehead atoms. The molecule has 0 saturated heterocycles. The zero-order valence-electron chi connectivity index (χ0n) is 16.6. The Morgan fingerprint density at radius 2 is 1.80 bits per heavy atom. The number of ether oxygens (including phenoxy) is 1. The number of hydrogen-bond acceptors (Lipinski definition) is 5. The van der Waals surface area contributed by atoms with Crippen molar-refractivity contribution in [3.63, 3.8) is 0 Å². The van der Waals surface area contributed by atoms with Crippen LogP contribution in [0, 0.1) is 0 Å². The molecule has 0 fully saturated rings. The molecule has 0 unspecified atom stereocenters. The first-order valence-electron chi connectivity index (χ1n) is 9.91. The largest absolute Gasteiger partial charge is 0.495 e. The number of nitrogens with two attached hydrogens (primary N) is 1.